The molecule has 0 radical (unpaired) electrons. The van der Waals surface area contributed by atoms with Gasteiger partial charge in [0.2, 0.25) is 5.43 Å². The molecule has 0 aromatic carbocycles. The number of carbonyl (C=O) groups is 1. The van der Waals surface area contributed by atoms with Crippen LogP contribution in [0.15, 0.2) is 15.5 Å². The first-order valence-electron chi connectivity index (χ1n) is 6.62. The van der Waals surface area contributed by atoms with Crippen LogP contribution in [0.4, 0.5) is 0 Å². The van der Waals surface area contributed by atoms with E-state index >= 15 is 0 Å². The minimum absolute atomic E-state index is 0.0603. The van der Waals surface area contributed by atoms with Gasteiger partial charge in [0.1, 0.15) is 5.69 Å². The summed E-state index contributed by atoms with van der Waals surface area (Å²) in [5.74, 6) is 0.0597. The Hall–Kier alpha value is -1.14. The Labute approximate surface area is 125 Å². The molecule has 1 saturated heterocycles. The van der Waals surface area contributed by atoms with Gasteiger partial charge in [0.15, 0.2) is 11.5 Å². The zero-order chi connectivity index (χ0) is 14.5. The van der Waals surface area contributed by atoms with Gasteiger partial charge in [-0.15, -0.1) is 0 Å². The molecule has 0 aliphatic carbocycles. The molecule has 5 nitrogen and oxygen atoms in total. The quantitative estimate of drug-likeness (QED) is 0.783. The van der Waals surface area contributed by atoms with Gasteiger partial charge in [-0.05, 0) is 35.7 Å². The second kappa shape index (κ2) is 4.70. The first kappa shape index (κ1) is 13.8. The molecule has 0 N–H and O–H groups in total. The maximum atomic E-state index is 12.9. The van der Waals surface area contributed by atoms with Gasteiger partial charge in [0.05, 0.1) is 29.6 Å². The van der Waals surface area contributed by atoms with Gasteiger partial charge in [-0.25, -0.2) is 0 Å². The third-order valence-electron chi connectivity index (χ3n) is 4.37. The van der Waals surface area contributed by atoms with E-state index in [4.69, 9.17) is 9.47 Å². The van der Waals surface area contributed by atoms with Crippen molar-refractivity contribution >= 4 is 21.7 Å². The molecule has 1 aromatic heterocycles. The normalized spacial score (nSPS) is 28.8. The van der Waals surface area contributed by atoms with Gasteiger partial charge >= 0.3 is 0 Å². The number of nitrogens with zero attached hydrogens (tertiary/aromatic N) is 1. The number of ether oxygens (including phenoxy) is 2. The number of ketones is 1. The molecule has 1 aromatic rings. The average Bonchev–Trinajstić information content (AvgIpc) is 2.43. The van der Waals surface area contributed by atoms with E-state index < -0.39 is 5.41 Å². The number of methoxy groups -OCH3 is 1. The summed E-state index contributed by atoms with van der Waals surface area (Å²) in [7, 11) is 1.42. The number of hydrogen-bond donors (Lipinski definition) is 0. The van der Waals surface area contributed by atoms with E-state index in [-0.39, 0.29) is 23.1 Å². The van der Waals surface area contributed by atoms with Gasteiger partial charge in [-0.3, -0.25) is 9.59 Å². The number of Topliss-reactive ketones (excluding diaryl/α,β-unsaturated/α-hetero) is 1. The molecule has 20 heavy (non-hydrogen) atoms. The van der Waals surface area contributed by atoms with Crippen LogP contribution in [0.2, 0.25) is 0 Å². The van der Waals surface area contributed by atoms with Gasteiger partial charge in [0, 0.05) is 12.8 Å². The lowest BCUT2D eigenvalue weighted by molar-refractivity contribution is -0.0740. The van der Waals surface area contributed by atoms with Crippen molar-refractivity contribution in [3.63, 3.8) is 0 Å². The zero-order valence-electron chi connectivity index (χ0n) is 11.4. The second-order valence-electron chi connectivity index (χ2n) is 5.55. The summed E-state index contributed by atoms with van der Waals surface area (Å²) in [6, 6.07) is 0. The van der Waals surface area contributed by atoms with Gasteiger partial charge in [0.25, 0.3) is 0 Å². The maximum absolute atomic E-state index is 12.9. The van der Waals surface area contributed by atoms with Crippen molar-refractivity contribution in [2.75, 3.05) is 13.7 Å². The topological polar surface area (TPSA) is 57.5 Å². The first-order chi connectivity index (χ1) is 9.49. The summed E-state index contributed by atoms with van der Waals surface area (Å²) in [6.45, 7) is 3.17. The Kier molecular flexibility index (Phi) is 3.25. The zero-order valence-corrected chi connectivity index (χ0v) is 13.0. The van der Waals surface area contributed by atoms with Gasteiger partial charge < -0.3 is 14.0 Å². The molecule has 0 spiro atoms. The largest absolute Gasteiger partial charge is 0.491 e. The van der Waals surface area contributed by atoms with Crippen LogP contribution in [0.3, 0.4) is 0 Å². The standard InChI is InChI=1S/C14H16BrNO4/c1-14-4-3-5-20-9(14)7-16-6-8(15)11(17)12(19-2)10(16)13(14)18/h6,9H,3-5,7H2,1-2H3/t9-,14-/m0/s1. The van der Waals surface area contributed by atoms with Crippen LogP contribution in [0, 0.1) is 5.41 Å². The van der Waals surface area contributed by atoms with E-state index in [0.29, 0.717) is 23.3 Å². The van der Waals surface area contributed by atoms with Crippen LogP contribution in [-0.4, -0.2) is 30.2 Å². The summed E-state index contributed by atoms with van der Waals surface area (Å²) in [5, 5.41) is 0. The van der Waals surface area contributed by atoms with E-state index in [1.165, 1.54) is 7.11 Å². The van der Waals surface area contributed by atoms with Crippen molar-refractivity contribution in [1.82, 2.24) is 4.57 Å². The second-order valence-corrected chi connectivity index (χ2v) is 6.40. The highest BCUT2D eigenvalue weighted by Gasteiger charge is 2.49. The van der Waals surface area contributed by atoms with Crippen molar-refractivity contribution in [3.8, 4) is 5.75 Å². The van der Waals surface area contributed by atoms with Crippen molar-refractivity contribution in [2.45, 2.75) is 32.4 Å². The third-order valence-corrected chi connectivity index (χ3v) is 4.93. The summed E-state index contributed by atoms with van der Waals surface area (Å²) in [4.78, 5) is 25.0. The number of carbonyl (C=O) groups excluding carboxylic acids is 1. The molecule has 3 rings (SSSR count). The Bertz CT molecular complexity index is 639. The molecule has 6 heteroatoms. The molecule has 1 fully saturated rings. The summed E-state index contributed by atoms with van der Waals surface area (Å²) >= 11 is 3.22. The number of halogens is 1. The van der Waals surface area contributed by atoms with E-state index in [0.717, 1.165) is 12.8 Å². The van der Waals surface area contributed by atoms with Crippen LogP contribution in [-0.2, 0) is 11.3 Å². The lowest BCUT2D eigenvalue weighted by Gasteiger charge is -2.44. The lowest BCUT2D eigenvalue weighted by atomic mass is 9.71. The fraction of sp³-hybridized carbons (Fsp3) is 0.571. The van der Waals surface area contributed by atoms with Crippen LogP contribution >= 0.6 is 15.9 Å². The summed E-state index contributed by atoms with van der Waals surface area (Å²) < 4.78 is 13.1. The molecule has 0 bridgehead atoms. The minimum Gasteiger partial charge on any atom is -0.491 e. The number of fused-ring (bicyclic) bond motifs is 2. The fourth-order valence-electron chi connectivity index (χ4n) is 3.15. The van der Waals surface area contributed by atoms with Crippen LogP contribution in [0.5, 0.6) is 5.75 Å². The highest BCUT2D eigenvalue weighted by molar-refractivity contribution is 9.10. The summed E-state index contributed by atoms with van der Waals surface area (Å²) in [6.07, 6.45) is 3.15. The van der Waals surface area contributed by atoms with E-state index in [1.807, 2.05) is 6.92 Å². The van der Waals surface area contributed by atoms with E-state index in [1.54, 1.807) is 10.8 Å². The third kappa shape index (κ3) is 1.78. The lowest BCUT2D eigenvalue weighted by Crippen LogP contribution is -2.52. The first-order valence-corrected chi connectivity index (χ1v) is 7.41. The predicted molar refractivity (Wildman–Crippen MR) is 76.4 cm³/mol. The molecular formula is C14H16BrNO4. The Morgan fingerprint density at radius 2 is 2.25 bits per heavy atom. The minimum atomic E-state index is -0.564. The van der Waals surface area contributed by atoms with Crippen molar-refractivity contribution in [3.05, 3.63) is 26.6 Å². The molecule has 2 aliphatic rings. The molecule has 108 valence electrons. The predicted octanol–water partition coefficient (Wildman–Crippen LogP) is 2.00. The molecule has 0 unspecified atom stereocenters. The summed E-state index contributed by atoms with van der Waals surface area (Å²) in [5.41, 5.74) is -0.484. The van der Waals surface area contributed by atoms with Crippen LogP contribution in [0.25, 0.3) is 0 Å². The Morgan fingerprint density at radius 3 is 2.95 bits per heavy atom. The van der Waals surface area contributed by atoms with E-state index in [9.17, 15) is 9.59 Å². The van der Waals surface area contributed by atoms with Gasteiger partial charge in [-0.2, -0.15) is 0 Å². The van der Waals surface area contributed by atoms with Crippen LogP contribution in [0.1, 0.15) is 30.3 Å². The van der Waals surface area contributed by atoms with Gasteiger partial charge in [-0.1, -0.05) is 0 Å². The maximum Gasteiger partial charge on any atom is 0.238 e. The Morgan fingerprint density at radius 1 is 1.50 bits per heavy atom. The number of hydrogen-bond acceptors (Lipinski definition) is 4. The highest BCUT2D eigenvalue weighted by atomic mass is 79.9. The highest BCUT2D eigenvalue weighted by Crippen LogP contribution is 2.42. The van der Waals surface area contributed by atoms with Crippen molar-refractivity contribution in [1.29, 1.82) is 0 Å². The van der Waals surface area contributed by atoms with Crippen molar-refractivity contribution < 1.29 is 14.3 Å². The monoisotopic (exact) mass is 341 g/mol. The molecule has 2 aliphatic heterocycles. The Balaban J connectivity index is 2.23. The molecular weight excluding hydrogens is 326 g/mol. The SMILES string of the molecule is COc1c2n(cc(Br)c1=O)C[C@@H]1OCCC[C@]1(C)C2=O. The fourth-order valence-corrected chi connectivity index (χ4v) is 3.57. The smallest absolute Gasteiger partial charge is 0.238 e. The molecule has 2 atom stereocenters. The van der Waals surface area contributed by atoms with E-state index in [2.05, 4.69) is 15.9 Å². The average molecular weight is 342 g/mol. The van der Waals surface area contributed by atoms with Crippen LogP contribution < -0.4 is 10.2 Å². The number of rotatable bonds is 1. The molecule has 0 saturated carbocycles. The number of pyridine rings is 1. The molecule has 3 heterocycles. The van der Waals surface area contributed by atoms with Crippen molar-refractivity contribution in [2.24, 2.45) is 5.41 Å². The molecule has 0 amide bonds. The number of aromatic nitrogens is 1.